The maximum atomic E-state index is 11.4. The fraction of sp³-hybridized carbons (Fsp3) is 0.300. The first kappa shape index (κ1) is 10.4. The summed E-state index contributed by atoms with van der Waals surface area (Å²) in [5.41, 5.74) is 14.2. The Morgan fingerprint density at radius 1 is 1.36 bits per heavy atom. The lowest BCUT2D eigenvalue weighted by molar-refractivity contribution is 0.0601. The minimum Gasteiger partial charge on any atom is -0.465 e. The Morgan fingerprint density at radius 3 is 2.43 bits per heavy atom. The number of aryl methyl sites for hydroxylation is 1. The lowest BCUT2D eigenvalue weighted by Gasteiger charge is -2.12. The van der Waals surface area contributed by atoms with Gasteiger partial charge in [-0.05, 0) is 31.0 Å². The van der Waals surface area contributed by atoms with Gasteiger partial charge in [0.15, 0.2) is 0 Å². The SMILES string of the molecule is COC(=O)c1c(C)c(C)cc(N)c1N. The van der Waals surface area contributed by atoms with Crippen LogP contribution in [0.1, 0.15) is 21.5 Å². The predicted molar refractivity (Wildman–Crippen MR) is 56.1 cm³/mol. The third kappa shape index (κ3) is 1.51. The molecule has 0 aliphatic rings. The smallest absolute Gasteiger partial charge is 0.340 e. The molecule has 0 spiro atoms. The summed E-state index contributed by atoms with van der Waals surface area (Å²) in [7, 11) is 1.32. The van der Waals surface area contributed by atoms with E-state index in [9.17, 15) is 4.79 Å². The van der Waals surface area contributed by atoms with Gasteiger partial charge in [0.05, 0.1) is 24.0 Å². The van der Waals surface area contributed by atoms with Crippen molar-refractivity contribution in [3.63, 3.8) is 0 Å². The molecular formula is C10H14N2O2. The quantitative estimate of drug-likeness (QED) is 0.521. The third-order valence-corrected chi connectivity index (χ3v) is 2.31. The molecular weight excluding hydrogens is 180 g/mol. The van der Waals surface area contributed by atoms with Gasteiger partial charge in [0, 0.05) is 0 Å². The number of rotatable bonds is 1. The molecule has 1 aromatic rings. The maximum Gasteiger partial charge on any atom is 0.340 e. The number of ether oxygens (including phenoxy) is 1. The van der Waals surface area contributed by atoms with Gasteiger partial charge in [0.2, 0.25) is 0 Å². The number of methoxy groups -OCH3 is 1. The van der Waals surface area contributed by atoms with Crippen molar-refractivity contribution in [2.24, 2.45) is 0 Å². The second kappa shape index (κ2) is 3.57. The van der Waals surface area contributed by atoms with Crippen molar-refractivity contribution in [1.29, 1.82) is 0 Å². The number of carbonyl (C=O) groups excluding carboxylic acids is 1. The number of benzene rings is 1. The molecule has 0 aliphatic heterocycles. The summed E-state index contributed by atoms with van der Waals surface area (Å²) in [6.07, 6.45) is 0. The van der Waals surface area contributed by atoms with Crippen LogP contribution in [0.5, 0.6) is 0 Å². The van der Waals surface area contributed by atoms with Gasteiger partial charge in [-0.15, -0.1) is 0 Å². The summed E-state index contributed by atoms with van der Waals surface area (Å²) < 4.78 is 4.63. The third-order valence-electron chi connectivity index (χ3n) is 2.31. The molecule has 4 nitrogen and oxygen atoms in total. The summed E-state index contributed by atoms with van der Waals surface area (Å²) in [4.78, 5) is 11.4. The largest absolute Gasteiger partial charge is 0.465 e. The molecule has 0 radical (unpaired) electrons. The lowest BCUT2D eigenvalue weighted by atomic mass is 10.00. The molecule has 76 valence electrons. The first-order valence-corrected chi connectivity index (χ1v) is 4.22. The summed E-state index contributed by atoms with van der Waals surface area (Å²) in [6, 6.07) is 1.75. The van der Waals surface area contributed by atoms with Crippen LogP contribution >= 0.6 is 0 Å². The number of nitrogens with two attached hydrogens (primary N) is 2. The van der Waals surface area contributed by atoms with Gasteiger partial charge in [-0.2, -0.15) is 0 Å². The minimum absolute atomic E-state index is 0.292. The number of anilines is 2. The van der Waals surface area contributed by atoms with E-state index >= 15 is 0 Å². The Balaban J connectivity index is 3.47. The first-order chi connectivity index (χ1) is 6.49. The molecule has 0 bridgehead atoms. The summed E-state index contributed by atoms with van der Waals surface area (Å²) in [5, 5.41) is 0. The van der Waals surface area contributed by atoms with Gasteiger partial charge in [0.25, 0.3) is 0 Å². The Bertz CT molecular complexity index is 360. The average Bonchev–Trinajstić information content (AvgIpc) is 2.15. The van der Waals surface area contributed by atoms with E-state index in [-0.39, 0.29) is 0 Å². The van der Waals surface area contributed by atoms with Gasteiger partial charge in [-0.25, -0.2) is 4.79 Å². The van der Waals surface area contributed by atoms with Crippen LogP contribution in [-0.4, -0.2) is 13.1 Å². The number of hydrogen-bond donors (Lipinski definition) is 2. The second-order valence-corrected chi connectivity index (χ2v) is 3.19. The fourth-order valence-corrected chi connectivity index (χ4v) is 1.33. The highest BCUT2D eigenvalue weighted by Crippen LogP contribution is 2.27. The molecule has 14 heavy (non-hydrogen) atoms. The van der Waals surface area contributed by atoms with Crippen LogP contribution in [0.4, 0.5) is 11.4 Å². The zero-order valence-corrected chi connectivity index (χ0v) is 8.55. The van der Waals surface area contributed by atoms with E-state index in [1.165, 1.54) is 7.11 Å². The van der Waals surface area contributed by atoms with Crippen molar-refractivity contribution in [2.75, 3.05) is 18.6 Å². The van der Waals surface area contributed by atoms with E-state index in [0.717, 1.165) is 11.1 Å². The van der Waals surface area contributed by atoms with E-state index in [2.05, 4.69) is 4.74 Å². The van der Waals surface area contributed by atoms with E-state index in [0.29, 0.717) is 16.9 Å². The number of carbonyl (C=O) groups is 1. The Hall–Kier alpha value is -1.71. The molecule has 0 saturated heterocycles. The van der Waals surface area contributed by atoms with Gasteiger partial charge in [-0.1, -0.05) is 0 Å². The standard InChI is InChI=1S/C10H14N2O2/c1-5-4-7(11)9(12)8(6(5)2)10(13)14-3/h4H,11-12H2,1-3H3. The van der Waals surface area contributed by atoms with E-state index in [1.54, 1.807) is 6.07 Å². The molecule has 0 heterocycles. The van der Waals surface area contributed by atoms with E-state index in [1.807, 2.05) is 13.8 Å². The molecule has 4 heteroatoms. The van der Waals surface area contributed by atoms with E-state index < -0.39 is 5.97 Å². The second-order valence-electron chi connectivity index (χ2n) is 3.19. The summed E-state index contributed by atoms with van der Waals surface area (Å²) in [6.45, 7) is 3.69. The Kier molecular flexibility index (Phi) is 2.65. The molecule has 0 unspecified atom stereocenters. The van der Waals surface area contributed by atoms with Crippen molar-refractivity contribution < 1.29 is 9.53 Å². The number of nitrogen functional groups attached to an aromatic ring is 2. The number of esters is 1. The van der Waals surface area contributed by atoms with Crippen LogP contribution in [0, 0.1) is 13.8 Å². The minimum atomic E-state index is -0.449. The van der Waals surface area contributed by atoms with Crippen LogP contribution in [-0.2, 0) is 4.74 Å². The van der Waals surface area contributed by atoms with Crippen LogP contribution < -0.4 is 11.5 Å². The summed E-state index contributed by atoms with van der Waals surface area (Å²) in [5.74, 6) is -0.449. The highest BCUT2D eigenvalue weighted by molar-refractivity contribution is 6.00. The normalized spacial score (nSPS) is 9.93. The zero-order chi connectivity index (χ0) is 10.9. The molecule has 0 fully saturated rings. The molecule has 0 saturated carbocycles. The monoisotopic (exact) mass is 194 g/mol. The fourth-order valence-electron chi connectivity index (χ4n) is 1.33. The predicted octanol–water partition coefficient (Wildman–Crippen LogP) is 1.25. The molecule has 1 rings (SSSR count). The van der Waals surface area contributed by atoms with Crippen molar-refractivity contribution in [2.45, 2.75) is 13.8 Å². The molecule has 0 aromatic heterocycles. The van der Waals surface area contributed by atoms with Crippen molar-refractivity contribution in [3.8, 4) is 0 Å². The molecule has 0 atom stereocenters. The summed E-state index contributed by atoms with van der Waals surface area (Å²) >= 11 is 0. The maximum absolute atomic E-state index is 11.4. The van der Waals surface area contributed by atoms with Crippen molar-refractivity contribution in [3.05, 3.63) is 22.8 Å². The first-order valence-electron chi connectivity index (χ1n) is 4.22. The topological polar surface area (TPSA) is 78.3 Å². The van der Waals surface area contributed by atoms with Crippen molar-refractivity contribution in [1.82, 2.24) is 0 Å². The highest BCUT2D eigenvalue weighted by Gasteiger charge is 2.16. The lowest BCUT2D eigenvalue weighted by Crippen LogP contribution is -2.11. The van der Waals surface area contributed by atoms with Crippen LogP contribution in [0.3, 0.4) is 0 Å². The highest BCUT2D eigenvalue weighted by atomic mass is 16.5. The van der Waals surface area contributed by atoms with E-state index in [4.69, 9.17) is 11.5 Å². The van der Waals surface area contributed by atoms with Gasteiger partial charge >= 0.3 is 5.97 Å². The molecule has 4 N–H and O–H groups in total. The van der Waals surface area contributed by atoms with Gasteiger partial charge in [0.1, 0.15) is 0 Å². The Labute approximate surface area is 82.8 Å². The van der Waals surface area contributed by atoms with Crippen molar-refractivity contribution >= 4 is 17.3 Å². The van der Waals surface area contributed by atoms with Crippen LogP contribution in [0.2, 0.25) is 0 Å². The molecule has 1 aromatic carbocycles. The van der Waals surface area contributed by atoms with Gasteiger partial charge in [-0.3, -0.25) is 0 Å². The average molecular weight is 194 g/mol. The van der Waals surface area contributed by atoms with Gasteiger partial charge < -0.3 is 16.2 Å². The van der Waals surface area contributed by atoms with Crippen LogP contribution in [0.25, 0.3) is 0 Å². The number of hydrogen-bond acceptors (Lipinski definition) is 4. The van der Waals surface area contributed by atoms with Crippen LogP contribution in [0.15, 0.2) is 6.07 Å². The zero-order valence-electron chi connectivity index (χ0n) is 8.55. The Morgan fingerprint density at radius 2 is 1.93 bits per heavy atom. The molecule has 0 amide bonds. The molecule has 0 aliphatic carbocycles.